The van der Waals surface area contributed by atoms with Gasteiger partial charge in [-0.3, -0.25) is 0 Å². The van der Waals surface area contributed by atoms with Crippen molar-refractivity contribution in [3.8, 4) is 0 Å². The van der Waals surface area contributed by atoms with Crippen LogP contribution < -0.4 is 0 Å². The molecule has 1 N–H and O–H groups in total. The van der Waals surface area contributed by atoms with Crippen molar-refractivity contribution in [3.05, 3.63) is 22.6 Å². The van der Waals surface area contributed by atoms with E-state index >= 15 is 0 Å². The Morgan fingerprint density at radius 1 is 1.60 bits per heavy atom. The number of H-pyrrole nitrogens is 1. The van der Waals surface area contributed by atoms with Crippen molar-refractivity contribution < 1.29 is 4.92 Å². The zero-order valence-corrected chi connectivity index (χ0v) is 6.32. The third-order valence-corrected chi connectivity index (χ3v) is 0.680. The molecule has 7 heteroatoms. The number of hydrogen-bond donors (Lipinski definition) is 1. The first kappa shape index (κ1) is 11.9. The molecule has 58 valence electrons. The summed E-state index contributed by atoms with van der Waals surface area (Å²) in [7, 11) is 0. The van der Waals surface area contributed by atoms with Gasteiger partial charge in [0.1, 0.15) is 6.20 Å². The van der Waals surface area contributed by atoms with Crippen molar-refractivity contribution in [2.75, 3.05) is 0 Å². The van der Waals surface area contributed by atoms with Gasteiger partial charge in [-0.1, -0.05) is 0 Å². The molecule has 0 aliphatic heterocycles. The molecule has 1 heterocycles. The van der Waals surface area contributed by atoms with Gasteiger partial charge in [-0.15, -0.1) is 24.8 Å². The Morgan fingerprint density at radius 3 is 2.40 bits per heavy atom. The van der Waals surface area contributed by atoms with Gasteiger partial charge in [-0.25, -0.2) is 9.97 Å². The number of hydrogen-bond acceptors (Lipinski definition) is 3. The topological polar surface area (TPSA) is 71.8 Å². The van der Waals surface area contributed by atoms with Gasteiger partial charge in [0.15, 0.2) is 6.33 Å². The van der Waals surface area contributed by atoms with Crippen LogP contribution in [0, 0.1) is 10.1 Å². The molecule has 5 nitrogen and oxygen atoms in total. The minimum atomic E-state index is -0.535. The number of nitrogens with one attached hydrogen (secondary N) is 1. The van der Waals surface area contributed by atoms with Gasteiger partial charge in [0, 0.05) is 0 Å². The second-order valence-corrected chi connectivity index (χ2v) is 1.19. The van der Waals surface area contributed by atoms with Crippen LogP contribution in [0.3, 0.4) is 0 Å². The van der Waals surface area contributed by atoms with Crippen molar-refractivity contribution in [1.29, 1.82) is 0 Å². The SMILES string of the molecule is Cl.Cl.O=[N+]([O-])c1cnc[nH]1. The summed E-state index contributed by atoms with van der Waals surface area (Å²) in [5.74, 6) is -0.0787. The van der Waals surface area contributed by atoms with E-state index in [-0.39, 0.29) is 30.6 Å². The lowest BCUT2D eigenvalue weighted by Crippen LogP contribution is -1.85. The molecule has 0 spiro atoms. The summed E-state index contributed by atoms with van der Waals surface area (Å²) in [6.07, 6.45) is 2.41. The van der Waals surface area contributed by atoms with Gasteiger partial charge in [0.25, 0.3) is 0 Å². The molecule has 0 bridgehead atoms. The third-order valence-electron chi connectivity index (χ3n) is 0.680. The second-order valence-electron chi connectivity index (χ2n) is 1.19. The summed E-state index contributed by atoms with van der Waals surface area (Å²) in [4.78, 5) is 15.0. The molecular weight excluding hydrogens is 181 g/mol. The van der Waals surface area contributed by atoms with Crippen molar-refractivity contribution in [1.82, 2.24) is 9.97 Å². The monoisotopic (exact) mass is 185 g/mol. The number of aromatic nitrogens is 2. The Kier molecular flexibility index (Phi) is 5.98. The highest BCUT2D eigenvalue weighted by molar-refractivity contribution is 5.85. The first-order valence-corrected chi connectivity index (χ1v) is 1.93. The number of nitrogens with zero attached hydrogens (tertiary/aromatic N) is 2. The average Bonchev–Trinajstić information content (AvgIpc) is 2.12. The Labute approximate surface area is 68.8 Å². The van der Waals surface area contributed by atoms with E-state index in [1.54, 1.807) is 0 Å². The lowest BCUT2D eigenvalue weighted by molar-refractivity contribution is -0.389. The van der Waals surface area contributed by atoms with Crippen LogP contribution in [0.5, 0.6) is 0 Å². The summed E-state index contributed by atoms with van der Waals surface area (Å²) in [6.45, 7) is 0. The van der Waals surface area contributed by atoms with Gasteiger partial charge in [0.2, 0.25) is 0 Å². The van der Waals surface area contributed by atoms with E-state index in [0.29, 0.717) is 0 Å². The molecule has 0 amide bonds. The highest BCUT2D eigenvalue weighted by atomic mass is 35.5. The zero-order chi connectivity index (χ0) is 5.98. The number of rotatable bonds is 1. The van der Waals surface area contributed by atoms with E-state index in [2.05, 4.69) is 9.97 Å². The fourth-order valence-corrected chi connectivity index (χ4v) is 0.348. The Hall–Kier alpha value is -0.810. The summed E-state index contributed by atoms with van der Waals surface area (Å²) in [6, 6.07) is 0. The normalized spacial score (nSPS) is 7.20. The number of imidazole rings is 1. The predicted molar refractivity (Wildman–Crippen MR) is 39.7 cm³/mol. The molecule has 1 aromatic rings. The third kappa shape index (κ3) is 2.65. The molecule has 0 aliphatic carbocycles. The molecule has 0 aromatic carbocycles. The van der Waals surface area contributed by atoms with Crippen molar-refractivity contribution >= 4 is 30.6 Å². The molecule has 1 aromatic heterocycles. The van der Waals surface area contributed by atoms with E-state index in [0.717, 1.165) is 6.20 Å². The number of aromatic amines is 1. The molecule has 0 unspecified atom stereocenters. The number of halogens is 2. The Bertz CT molecular complexity index is 188. The maximum atomic E-state index is 9.80. The maximum absolute atomic E-state index is 9.80. The van der Waals surface area contributed by atoms with Gasteiger partial charge < -0.3 is 10.1 Å². The standard InChI is InChI=1S/C3H3N3O2.2ClH/c7-6(8)3-1-4-2-5-3;;/h1-2H,(H,4,5);2*1H. The summed E-state index contributed by atoms with van der Waals surface area (Å²) in [5.41, 5.74) is 0. The van der Waals surface area contributed by atoms with Crippen LogP contribution in [0.4, 0.5) is 5.82 Å². The van der Waals surface area contributed by atoms with E-state index in [1.807, 2.05) is 0 Å². The van der Waals surface area contributed by atoms with Crippen LogP contribution in [0.15, 0.2) is 12.5 Å². The van der Waals surface area contributed by atoms with E-state index in [4.69, 9.17) is 0 Å². The van der Waals surface area contributed by atoms with Crippen LogP contribution in [0.2, 0.25) is 0 Å². The number of nitro groups is 1. The first-order chi connectivity index (χ1) is 3.80. The first-order valence-electron chi connectivity index (χ1n) is 1.93. The molecule has 0 saturated carbocycles. The zero-order valence-electron chi connectivity index (χ0n) is 4.68. The lowest BCUT2D eigenvalue weighted by Gasteiger charge is -1.83. The van der Waals surface area contributed by atoms with Crippen LogP contribution in [0.25, 0.3) is 0 Å². The minimum absolute atomic E-state index is 0. The van der Waals surface area contributed by atoms with Crippen LogP contribution in [0.1, 0.15) is 0 Å². The fraction of sp³-hybridized carbons (Fsp3) is 0. The quantitative estimate of drug-likeness (QED) is 0.528. The average molecular weight is 186 g/mol. The molecule has 1 rings (SSSR count). The molecule has 0 aliphatic rings. The molecule has 0 saturated heterocycles. The van der Waals surface area contributed by atoms with Crippen molar-refractivity contribution in [3.63, 3.8) is 0 Å². The summed E-state index contributed by atoms with van der Waals surface area (Å²) < 4.78 is 0. The van der Waals surface area contributed by atoms with Crippen LogP contribution in [-0.4, -0.2) is 14.9 Å². The largest absolute Gasteiger partial charge is 0.358 e. The molecular formula is C3H5Cl2N3O2. The van der Waals surface area contributed by atoms with Crippen molar-refractivity contribution in [2.24, 2.45) is 0 Å². The molecule has 0 atom stereocenters. The molecule has 0 radical (unpaired) electrons. The molecule has 10 heavy (non-hydrogen) atoms. The van der Waals surface area contributed by atoms with E-state index in [9.17, 15) is 10.1 Å². The van der Waals surface area contributed by atoms with Crippen LogP contribution in [-0.2, 0) is 0 Å². The second kappa shape index (κ2) is 5.01. The van der Waals surface area contributed by atoms with Gasteiger partial charge in [-0.2, -0.15) is 0 Å². The fourth-order valence-electron chi connectivity index (χ4n) is 0.348. The Balaban J connectivity index is 0. The van der Waals surface area contributed by atoms with Gasteiger partial charge >= 0.3 is 5.82 Å². The maximum Gasteiger partial charge on any atom is 0.340 e. The highest BCUT2D eigenvalue weighted by Crippen LogP contribution is 1.99. The van der Waals surface area contributed by atoms with E-state index < -0.39 is 4.92 Å². The van der Waals surface area contributed by atoms with Gasteiger partial charge in [-0.05, 0) is 4.92 Å². The smallest absolute Gasteiger partial charge is 0.340 e. The predicted octanol–water partition coefficient (Wildman–Crippen LogP) is 1.16. The van der Waals surface area contributed by atoms with Crippen LogP contribution >= 0.6 is 24.8 Å². The van der Waals surface area contributed by atoms with Crippen molar-refractivity contribution in [2.45, 2.75) is 0 Å². The Morgan fingerprint density at radius 2 is 2.20 bits per heavy atom. The summed E-state index contributed by atoms with van der Waals surface area (Å²) >= 11 is 0. The van der Waals surface area contributed by atoms with Gasteiger partial charge in [0.05, 0.1) is 0 Å². The lowest BCUT2D eigenvalue weighted by atomic mass is 10.8. The van der Waals surface area contributed by atoms with E-state index in [1.165, 1.54) is 6.33 Å². The summed E-state index contributed by atoms with van der Waals surface area (Å²) in [5, 5.41) is 9.80. The minimum Gasteiger partial charge on any atom is -0.358 e. The highest BCUT2D eigenvalue weighted by Gasteiger charge is 1.99. The molecule has 0 fully saturated rings.